The Labute approximate surface area is 105 Å². The van der Waals surface area contributed by atoms with Gasteiger partial charge < -0.3 is 11.1 Å². The predicted octanol–water partition coefficient (Wildman–Crippen LogP) is 1.96. The lowest BCUT2D eigenvalue weighted by Gasteiger charge is -2.05. The molecule has 3 N–H and O–H groups in total. The minimum absolute atomic E-state index is 0.215. The summed E-state index contributed by atoms with van der Waals surface area (Å²) in [5, 5.41) is 11.2. The van der Waals surface area contributed by atoms with Crippen molar-refractivity contribution in [1.82, 2.24) is 10.2 Å². The van der Waals surface area contributed by atoms with Crippen LogP contribution in [0.1, 0.15) is 5.56 Å². The highest BCUT2D eigenvalue weighted by molar-refractivity contribution is 5.60. The van der Waals surface area contributed by atoms with Crippen LogP contribution in [0.2, 0.25) is 0 Å². The average Bonchev–Trinajstić information content (AvgIpc) is 2.40. The molecule has 1 aromatic carbocycles. The first kappa shape index (κ1) is 12.4. The van der Waals surface area contributed by atoms with Crippen LogP contribution in [0.5, 0.6) is 0 Å². The van der Waals surface area contributed by atoms with Crippen LogP contribution < -0.4 is 11.1 Å². The molecule has 0 spiro atoms. The Morgan fingerprint density at radius 1 is 1.22 bits per heavy atom. The van der Waals surface area contributed by atoms with Gasteiger partial charge in [0, 0.05) is 18.7 Å². The molecule has 18 heavy (non-hydrogen) atoms. The molecule has 0 aliphatic carbocycles. The van der Waals surface area contributed by atoms with E-state index in [0.717, 1.165) is 11.3 Å². The Hall–Kier alpha value is -2.01. The second kappa shape index (κ2) is 5.55. The average molecular weight is 246 g/mol. The molecule has 0 unspecified atom stereocenters. The maximum absolute atomic E-state index is 13.2. The van der Waals surface area contributed by atoms with E-state index < -0.39 is 0 Å². The summed E-state index contributed by atoms with van der Waals surface area (Å²) in [5.41, 5.74) is 7.55. The minimum Gasteiger partial charge on any atom is -0.367 e. The highest BCUT2D eigenvalue weighted by Crippen LogP contribution is 2.19. The van der Waals surface area contributed by atoms with Crippen LogP contribution in [-0.2, 0) is 0 Å². The van der Waals surface area contributed by atoms with E-state index in [2.05, 4.69) is 15.5 Å². The summed E-state index contributed by atoms with van der Waals surface area (Å²) in [4.78, 5) is 0. The second-order valence-corrected chi connectivity index (χ2v) is 3.98. The van der Waals surface area contributed by atoms with E-state index in [1.165, 1.54) is 6.07 Å². The molecule has 0 amide bonds. The molecule has 1 heterocycles. The molecule has 4 nitrogen and oxygen atoms in total. The molecule has 0 saturated carbocycles. The van der Waals surface area contributed by atoms with Crippen molar-refractivity contribution < 1.29 is 4.39 Å². The summed E-state index contributed by atoms with van der Waals surface area (Å²) in [6.45, 7) is 2.92. The lowest BCUT2D eigenvalue weighted by atomic mass is 10.1. The first-order valence-electron chi connectivity index (χ1n) is 5.75. The number of nitrogens with two attached hydrogens (primary N) is 1. The minimum atomic E-state index is -0.215. The fourth-order valence-corrected chi connectivity index (χ4v) is 1.58. The summed E-state index contributed by atoms with van der Waals surface area (Å²) in [7, 11) is 0. The molecule has 1 aromatic heterocycles. The van der Waals surface area contributed by atoms with Gasteiger partial charge in [0.2, 0.25) is 0 Å². The fraction of sp³-hybridized carbons (Fsp3) is 0.231. The number of nitrogens with one attached hydrogen (secondary N) is 1. The molecule has 0 bridgehead atoms. The zero-order chi connectivity index (χ0) is 13.0. The number of rotatable bonds is 4. The number of nitrogens with zero attached hydrogens (tertiary/aromatic N) is 2. The van der Waals surface area contributed by atoms with Crippen LogP contribution in [0.3, 0.4) is 0 Å². The van der Waals surface area contributed by atoms with Crippen molar-refractivity contribution >= 4 is 5.82 Å². The lowest BCUT2D eigenvalue weighted by molar-refractivity contribution is 0.618. The third-order valence-electron chi connectivity index (χ3n) is 2.57. The molecule has 0 atom stereocenters. The molecule has 0 saturated heterocycles. The van der Waals surface area contributed by atoms with E-state index >= 15 is 0 Å². The van der Waals surface area contributed by atoms with Gasteiger partial charge in [-0.2, -0.15) is 0 Å². The van der Waals surface area contributed by atoms with Crippen molar-refractivity contribution in [2.24, 2.45) is 5.73 Å². The highest BCUT2D eigenvalue weighted by Gasteiger charge is 2.03. The largest absolute Gasteiger partial charge is 0.367 e. The Morgan fingerprint density at radius 3 is 2.67 bits per heavy atom. The van der Waals surface area contributed by atoms with Gasteiger partial charge in [-0.3, -0.25) is 0 Å². The Morgan fingerprint density at radius 2 is 2.06 bits per heavy atom. The van der Waals surface area contributed by atoms with Gasteiger partial charge in [0.05, 0.1) is 5.69 Å². The van der Waals surface area contributed by atoms with Gasteiger partial charge in [-0.05, 0) is 42.8 Å². The SMILES string of the molecule is Cc1cc(-c2ccc(NCCN)nn2)ccc1F. The molecule has 0 aliphatic rings. The van der Waals surface area contributed by atoms with Crippen molar-refractivity contribution in [2.75, 3.05) is 18.4 Å². The van der Waals surface area contributed by atoms with Crippen LogP contribution in [-0.4, -0.2) is 23.3 Å². The zero-order valence-electron chi connectivity index (χ0n) is 10.2. The first-order chi connectivity index (χ1) is 8.70. The maximum Gasteiger partial charge on any atom is 0.148 e. The standard InChI is InChI=1S/C13H15FN4/c1-9-8-10(2-3-11(9)14)12-4-5-13(18-17-12)16-7-6-15/h2-5,8H,6-7,15H2,1H3,(H,16,18). The maximum atomic E-state index is 13.2. The number of hydrogen-bond acceptors (Lipinski definition) is 4. The Balaban J connectivity index is 2.20. The third-order valence-corrected chi connectivity index (χ3v) is 2.57. The van der Waals surface area contributed by atoms with E-state index in [-0.39, 0.29) is 5.82 Å². The normalized spacial score (nSPS) is 10.4. The second-order valence-electron chi connectivity index (χ2n) is 3.98. The first-order valence-corrected chi connectivity index (χ1v) is 5.75. The van der Waals surface area contributed by atoms with Crippen LogP contribution in [0, 0.1) is 12.7 Å². The van der Waals surface area contributed by atoms with Gasteiger partial charge in [-0.1, -0.05) is 0 Å². The third kappa shape index (κ3) is 2.81. The summed E-state index contributed by atoms with van der Waals surface area (Å²) in [6.07, 6.45) is 0. The van der Waals surface area contributed by atoms with E-state index in [0.29, 0.717) is 24.5 Å². The number of benzene rings is 1. The molecule has 0 radical (unpaired) electrons. The monoisotopic (exact) mass is 246 g/mol. The summed E-state index contributed by atoms with van der Waals surface area (Å²) < 4.78 is 13.2. The summed E-state index contributed by atoms with van der Waals surface area (Å²) >= 11 is 0. The van der Waals surface area contributed by atoms with E-state index in [1.54, 1.807) is 19.1 Å². The van der Waals surface area contributed by atoms with Gasteiger partial charge in [0.1, 0.15) is 11.6 Å². The van der Waals surface area contributed by atoms with Gasteiger partial charge in [0.25, 0.3) is 0 Å². The molecule has 2 rings (SSSR count). The Bertz CT molecular complexity index is 525. The van der Waals surface area contributed by atoms with Gasteiger partial charge in [0.15, 0.2) is 0 Å². The smallest absolute Gasteiger partial charge is 0.148 e. The number of hydrogen-bond donors (Lipinski definition) is 2. The zero-order valence-corrected chi connectivity index (χ0v) is 10.2. The fourth-order valence-electron chi connectivity index (χ4n) is 1.58. The number of aromatic nitrogens is 2. The predicted molar refractivity (Wildman–Crippen MR) is 69.7 cm³/mol. The topological polar surface area (TPSA) is 63.8 Å². The number of aryl methyl sites for hydroxylation is 1. The molecule has 94 valence electrons. The van der Waals surface area contributed by atoms with E-state index in [1.807, 2.05) is 12.1 Å². The van der Waals surface area contributed by atoms with Gasteiger partial charge in [-0.25, -0.2) is 4.39 Å². The van der Waals surface area contributed by atoms with Crippen molar-refractivity contribution in [2.45, 2.75) is 6.92 Å². The molecular weight excluding hydrogens is 231 g/mol. The molecule has 5 heteroatoms. The quantitative estimate of drug-likeness (QED) is 0.865. The van der Waals surface area contributed by atoms with Crippen LogP contribution >= 0.6 is 0 Å². The van der Waals surface area contributed by atoms with Crippen LogP contribution in [0.25, 0.3) is 11.3 Å². The molecule has 0 aliphatic heterocycles. The lowest BCUT2D eigenvalue weighted by Crippen LogP contribution is -2.14. The van der Waals surface area contributed by atoms with Crippen molar-refractivity contribution in [1.29, 1.82) is 0 Å². The Kier molecular flexibility index (Phi) is 3.84. The number of anilines is 1. The van der Waals surface area contributed by atoms with Crippen LogP contribution in [0.4, 0.5) is 10.2 Å². The molecule has 2 aromatic rings. The molecule has 0 fully saturated rings. The van der Waals surface area contributed by atoms with Gasteiger partial charge >= 0.3 is 0 Å². The van der Waals surface area contributed by atoms with Crippen LogP contribution in [0.15, 0.2) is 30.3 Å². The molecular formula is C13H15FN4. The van der Waals surface area contributed by atoms with E-state index in [4.69, 9.17) is 5.73 Å². The summed E-state index contributed by atoms with van der Waals surface area (Å²) in [6, 6.07) is 8.56. The van der Waals surface area contributed by atoms with Gasteiger partial charge in [-0.15, -0.1) is 10.2 Å². The van der Waals surface area contributed by atoms with E-state index in [9.17, 15) is 4.39 Å². The summed E-state index contributed by atoms with van der Waals surface area (Å²) in [5.74, 6) is 0.468. The van der Waals surface area contributed by atoms with Crippen molar-refractivity contribution in [3.8, 4) is 11.3 Å². The van der Waals surface area contributed by atoms with Crippen molar-refractivity contribution in [3.63, 3.8) is 0 Å². The van der Waals surface area contributed by atoms with Crippen molar-refractivity contribution in [3.05, 3.63) is 41.7 Å². The highest BCUT2D eigenvalue weighted by atomic mass is 19.1. The number of halogens is 1.